The molecule has 0 unspecified atom stereocenters. The maximum absolute atomic E-state index is 12.3. The van der Waals surface area contributed by atoms with E-state index in [0.717, 1.165) is 6.07 Å². The zero-order chi connectivity index (χ0) is 11.9. The molecular weight excluding hydrogens is 221 g/mol. The Hall–Kier alpha value is -1.85. The number of aryl methyl sites for hydroxylation is 1. The quantitative estimate of drug-likeness (QED) is 0.753. The van der Waals surface area contributed by atoms with Crippen LogP contribution in [-0.2, 0) is 6.18 Å². The van der Waals surface area contributed by atoms with E-state index in [2.05, 4.69) is 10.2 Å². The van der Waals surface area contributed by atoms with Crippen molar-refractivity contribution in [2.24, 2.45) is 0 Å². The van der Waals surface area contributed by atoms with Gasteiger partial charge in [0.2, 0.25) is 0 Å². The first kappa shape index (κ1) is 10.7. The summed E-state index contributed by atoms with van der Waals surface area (Å²) in [5.41, 5.74) is -0.163. The molecule has 0 saturated heterocycles. The van der Waals surface area contributed by atoms with Gasteiger partial charge in [0.1, 0.15) is 5.75 Å². The highest BCUT2D eigenvalue weighted by molar-refractivity contribution is 5.85. The van der Waals surface area contributed by atoms with Crippen molar-refractivity contribution >= 4 is 10.9 Å². The molecule has 0 amide bonds. The van der Waals surface area contributed by atoms with Crippen LogP contribution < -0.4 is 0 Å². The highest BCUT2D eigenvalue weighted by atomic mass is 19.4. The molecule has 16 heavy (non-hydrogen) atoms. The highest BCUT2D eigenvalue weighted by Gasteiger charge is 2.33. The van der Waals surface area contributed by atoms with Crippen LogP contribution in [0.3, 0.4) is 0 Å². The number of aromatic nitrogens is 2. The summed E-state index contributed by atoms with van der Waals surface area (Å²) >= 11 is 0. The number of phenolic OH excluding ortho intramolecular Hbond substituents is 1. The third kappa shape index (κ3) is 1.78. The Morgan fingerprint density at radius 1 is 1.12 bits per heavy atom. The molecule has 1 heterocycles. The fraction of sp³-hybridized carbons (Fsp3) is 0.200. The van der Waals surface area contributed by atoms with Gasteiger partial charge in [-0.15, -0.1) is 10.2 Å². The Bertz CT molecular complexity index is 551. The van der Waals surface area contributed by atoms with E-state index in [0.29, 0.717) is 5.56 Å². The predicted octanol–water partition coefficient (Wildman–Crippen LogP) is 2.66. The molecule has 0 aliphatic carbocycles. The van der Waals surface area contributed by atoms with Gasteiger partial charge in [-0.2, -0.15) is 13.2 Å². The summed E-state index contributed by atoms with van der Waals surface area (Å²) in [7, 11) is 0. The molecule has 1 aromatic carbocycles. The lowest BCUT2D eigenvalue weighted by molar-refractivity contribution is -0.141. The maximum atomic E-state index is 12.3. The molecule has 84 valence electrons. The van der Waals surface area contributed by atoms with Crippen LogP contribution in [0.4, 0.5) is 13.2 Å². The standard InChI is InChI=1S/C10H7F3N2O/c1-5-2-7-6(8(16)3-5)4-9(15-14-7)10(11,12)13/h2-4,16H,1H3. The van der Waals surface area contributed by atoms with Crippen molar-refractivity contribution in [3.8, 4) is 5.75 Å². The van der Waals surface area contributed by atoms with Gasteiger partial charge in [0.05, 0.1) is 5.52 Å². The van der Waals surface area contributed by atoms with Crippen LogP contribution >= 0.6 is 0 Å². The number of nitrogens with zero attached hydrogens (tertiary/aromatic N) is 2. The average molecular weight is 228 g/mol. The van der Waals surface area contributed by atoms with Gasteiger partial charge < -0.3 is 5.11 Å². The number of alkyl halides is 3. The van der Waals surface area contributed by atoms with Gasteiger partial charge in [-0.1, -0.05) is 0 Å². The van der Waals surface area contributed by atoms with Crippen LogP contribution in [0.25, 0.3) is 10.9 Å². The first-order chi connectivity index (χ1) is 7.38. The third-order valence-electron chi connectivity index (χ3n) is 2.12. The van der Waals surface area contributed by atoms with Crippen LogP contribution in [0.15, 0.2) is 18.2 Å². The van der Waals surface area contributed by atoms with Crippen LogP contribution in [-0.4, -0.2) is 15.3 Å². The van der Waals surface area contributed by atoms with Crippen molar-refractivity contribution in [3.63, 3.8) is 0 Å². The second kappa shape index (κ2) is 3.33. The lowest BCUT2D eigenvalue weighted by Gasteiger charge is -2.07. The largest absolute Gasteiger partial charge is 0.507 e. The summed E-state index contributed by atoms with van der Waals surface area (Å²) in [5, 5.41) is 16.1. The van der Waals surface area contributed by atoms with Crippen molar-refractivity contribution in [1.29, 1.82) is 0 Å². The zero-order valence-corrected chi connectivity index (χ0v) is 8.21. The third-order valence-corrected chi connectivity index (χ3v) is 2.12. The van der Waals surface area contributed by atoms with Crippen molar-refractivity contribution in [1.82, 2.24) is 10.2 Å². The minimum atomic E-state index is -4.56. The number of benzene rings is 1. The molecule has 2 aromatic rings. The fourth-order valence-electron chi connectivity index (χ4n) is 1.40. The number of fused-ring (bicyclic) bond motifs is 1. The number of phenols is 1. The molecule has 6 heteroatoms. The molecule has 3 nitrogen and oxygen atoms in total. The van der Waals surface area contributed by atoms with Gasteiger partial charge in [-0.25, -0.2) is 0 Å². The molecular formula is C10H7F3N2O. The van der Waals surface area contributed by atoms with Gasteiger partial charge >= 0.3 is 6.18 Å². The van der Waals surface area contributed by atoms with Gasteiger partial charge in [0, 0.05) is 5.39 Å². The van der Waals surface area contributed by atoms with Gasteiger partial charge in [0.15, 0.2) is 5.69 Å². The van der Waals surface area contributed by atoms with Crippen LogP contribution in [0.1, 0.15) is 11.3 Å². The van der Waals surface area contributed by atoms with E-state index in [9.17, 15) is 18.3 Å². The molecule has 2 rings (SSSR count). The van der Waals surface area contributed by atoms with Crippen molar-refractivity contribution in [3.05, 3.63) is 29.5 Å². The Labute approximate surface area is 88.5 Å². The molecule has 0 radical (unpaired) electrons. The summed E-state index contributed by atoms with van der Waals surface area (Å²) in [6.07, 6.45) is -4.56. The molecule has 0 saturated carbocycles. The second-order valence-corrected chi connectivity index (χ2v) is 3.44. The fourth-order valence-corrected chi connectivity index (χ4v) is 1.40. The summed E-state index contributed by atoms with van der Waals surface area (Å²) in [6.45, 7) is 1.71. The van der Waals surface area contributed by atoms with Crippen molar-refractivity contribution in [2.75, 3.05) is 0 Å². The Kier molecular flexibility index (Phi) is 2.22. The van der Waals surface area contributed by atoms with Gasteiger partial charge in [0.25, 0.3) is 0 Å². The van der Waals surface area contributed by atoms with Crippen LogP contribution in [0.5, 0.6) is 5.75 Å². The minimum absolute atomic E-state index is 0.0490. The molecule has 0 spiro atoms. The second-order valence-electron chi connectivity index (χ2n) is 3.44. The first-order valence-electron chi connectivity index (χ1n) is 4.42. The summed E-state index contributed by atoms with van der Waals surface area (Å²) in [5.74, 6) is -0.226. The summed E-state index contributed by atoms with van der Waals surface area (Å²) in [6, 6.07) is 3.73. The molecule has 1 N–H and O–H groups in total. The summed E-state index contributed by atoms with van der Waals surface area (Å²) < 4.78 is 37.0. The van der Waals surface area contributed by atoms with Gasteiger partial charge in [-0.05, 0) is 30.7 Å². The zero-order valence-electron chi connectivity index (χ0n) is 8.21. The molecule has 0 aliphatic heterocycles. The number of aromatic hydroxyl groups is 1. The van der Waals surface area contributed by atoms with E-state index in [1.54, 1.807) is 13.0 Å². The number of halogens is 3. The Morgan fingerprint density at radius 2 is 1.81 bits per heavy atom. The normalized spacial score (nSPS) is 12.0. The van der Waals surface area contributed by atoms with E-state index in [-0.39, 0.29) is 16.7 Å². The monoisotopic (exact) mass is 228 g/mol. The molecule has 0 aliphatic rings. The predicted molar refractivity (Wildman–Crippen MR) is 50.9 cm³/mol. The molecule has 0 atom stereocenters. The van der Waals surface area contributed by atoms with Crippen molar-refractivity contribution in [2.45, 2.75) is 13.1 Å². The smallest absolute Gasteiger partial charge is 0.435 e. The maximum Gasteiger partial charge on any atom is 0.435 e. The molecule has 0 bridgehead atoms. The topological polar surface area (TPSA) is 46.0 Å². The average Bonchev–Trinajstić information content (AvgIpc) is 2.15. The van der Waals surface area contributed by atoms with E-state index in [1.807, 2.05) is 0 Å². The lowest BCUT2D eigenvalue weighted by atomic mass is 10.1. The first-order valence-corrected chi connectivity index (χ1v) is 4.42. The Morgan fingerprint density at radius 3 is 2.44 bits per heavy atom. The minimum Gasteiger partial charge on any atom is -0.507 e. The summed E-state index contributed by atoms with van der Waals surface area (Å²) in [4.78, 5) is 0. The molecule has 0 fully saturated rings. The van der Waals surface area contributed by atoms with Gasteiger partial charge in [-0.3, -0.25) is 0 Å². The SMILES string of the molecule is Cc1cc(O)c2cc(C(F)(F)F)nnc2c1. The number of hydrogen-bond acceptors (Lipinski definition) is 3. The number of hydrogen-bond donors (Lipinski definition) is 1. The lowest BCUT2D eigenvalue weighted by Crippen LogP contribution is -2.08. The number of rotatable bonds is 0. The van der Waals surface area contributed by atoms with E-state index in [1.165, 1.54) is 6.07 Å². The van der Waals surface area contributed by atoms with Crippen molar-refractivity contribution < 1.29 is 18.3 Å². The van der Waals surface area contributed by atoms with Crippen LogP contribution in [0, 0.1) is 6.92 Å². The van der Waals surface area contributed by atoms with E-state index < -0.39 is 11.9 Å². The van der Waals surface area contributed by atoms with E-state index in [4.69, 9.17) is 0 Å². The molecule has 1 aromatic heterocycles. The highest BCUT2D eigenvalue weighted by Crippen LogP contribution is 2.31. The van der Waals surface area contributed by atoms with E-state index >= 15 is 0 Å². The Balaban J connectivity index is 2.72. The van der Waals surface area contributed by atoms with Crippen LogP contribution in [0.2, 0.25) is 0 Å².